The van der Waals surface area contributed by atoms with Gasteiger partial charge in [-0.15, -0.1) is 0 Å². The summed E-state index contributed by atoms with van der Waals surface area (Å²) in [5.41, 5.74) is 3.05. The molecule has 2 aromatic carbocycles. The zero-order chi connectivity index (χ0) is 14.8. The zero-order valence-corrected chi connectivity index (χ0v) is 12.5. The third-order valence-corrected chi connectivity index (χ3v) is 4.05. The molecule has 0 saturated carbocycles. The van der Waals surface area contributed by atoms with Gasteiger partial charge in [-0.1, -0.05) is 35.3 Å². The predicted molar refractivity (Wildman–Crippen MR) is 84.7 cm³/mol. The predicted octanol–water partition coefficient (Wildman–Crippen LogP) is 4.21. The van der Waals surface area contributed by atoms with Crippen molar-refractivity contribution in [2.24, 2.45) is 0 Å². The summed E-state index contributed by atoms with van der Waals surface area (Å²) < 4.78 is 0. The van der Waals surface area contributed by atoms with Crippen LogP contribution in [0.2, 0.25) is 10.0 Å². The van der Waals surface area contributed by atoms with E-state index in [2.05, 4.69) is 9.97 Å². The fourth-order valence-corrected chi connectivity index (χ4v) is 2.78. The van der Waals surface area contributed by atoms with Crippen LogP contribution in [0.3, 0.4) is 0 Å². The summed E-state index contributed by atoms with van der Waals surface area (Å²) in [4.78, 5) is 8.45. The topological polar surface area (TPSA) is 46.0 Å². The molecule has 0 saturated heterocycles. The van der Waals surface area contributed by atoms with Crippen molar-refractivity contribution in [2.45, 2.75) is 12.5 Å². The van der Waals surface area contributed by atoms with Gasteiger partial charge in [-0.25, -0.2) is 0 Å². The number of hydrogen-bond acceptors (Lipinski definition) is 3. The number of aliphatic hydroxyl groups is 1. The van der Waals surface area contributed by atoms with E-state index in [1.165, 1.54) is 0 Å². The Bertz CT molecular complexity index is 772. The second kappa shape index (κ2) is 5.98. The monoisotopic (exact) mass is 318 g/mol. The van der Waals surface area contributed by atoms with Gasteiger partial charge in [-0.3, -0.25) is 9.97 Å². The molecule has 3 rings (SSSR count). The average molecular weight is 319 g/mol. The first-order chi connectivity index (χ1) is 10.1. The normalized spacial score (nSPS) is 12.5. The number of fused-ring (bicyclic) bond motifs is 1. The van der Waals surface area contributed by atoms with E-state index in [1.54, 1.807) is 30.6 Å². The van der Waals surface area contributed by atoms with E-state index >= 15 is 0 Å². The molecule has 0 aliphatic carbocycles. The summed E-state index contributed by atoms with van der Waals surface area (Å²) >= 11 is 12.3. The molecule has 0 bridgehead atoms. The Morgan fingerprint density at radius 1 is 0.952 bits per heavy atom. The highest BCUT2D eigenvalue weighted by molar-refractivity contribution is 6.36. The third-order valence-electron chi connectivity index (χ3n) is 3.34. The SMILES string of the molecule is OC(Cc1c(Cl)cccc1Cl)c1ccc2nccnc2c1. The number of aromatic nitrogens is 2. The molecule has 0 spiro atoms. The van der Waals surface area contributed by atoms with Gasteiger partial charge in [0.15, 0.2) is 0 Å². The third kappa shape index (κ3) is 3.00. The van der Waals surface area contributed by atoms with Crippen LogP contribution in [-0.2, 0) is 6.42 Å². The van der Waals surface area contributed by atoms with Crippen LogP contribution < -0.4 is 0 Å². The molecule has 3 nitrogen and oxygen atoms in total. The molecule has 0 amide bonds. The van der Waals surface area contributed by atoms with E-state index in [0.29, 0.717) is 16.5 Å². The van der Waals surface area contributed by atoms with E-state index in [4.69, 9.17) is 23.2 Å². The Kier molecular flexibility index (Phi) is 4.06. The first-order valence-corrected chi connectivity index (χ1v) is 7.22. The number of hydrogen-bond donors (Lipinski definition) is 1. The van der Waals surface area contributed by atoms with Crippen molar-refractivity contribution in [1.29, 1.82) is 0 Å². The van der Waals surface area contributed by atoms with Gasteiger partial charge < -0.3 is 5.11 Å². The van der Waals surface area contributed by atoms with Crippen molar-refractivity contribution in [3.05, 3.63) is 70.0 Å². The quantitative estimate of drug-likeness (QED) is 0.786. The van der Waals surface area contributed by atoms with Crippen LogP contribution in [0.25, 0.3) is 11.0 Å². The maximum Gasteiger partial charge on any atom is 0.0890 e. The van der Waals surface area contributed by atoms with E-state index in [0.717, 1.165) is 22.2 Å². The van der Waals surface area contributed by atoms with Gasteiger partial charge in [-0.2, -0.15) is 0 Å². The first-order valence-electron chi connectivity index (χ1n) is 6.47. The smallest absolute Gasteiger partial charge is 0.0890 e. The van der Waals surface area contributed by atoms with Crippen molar-refractivity contribution in [3.63, 3.8) is 0 Å². The summed E-state index contributed by atoms with van der Waals surface area (Å²) in [6, 6.07) is 10.8. The van der Waals surface area contributed by atoms with Crippen molar-refractivity contribution in [2.75, 3.05) is 0 Å². The summed E-state index contributed by atoms with van der Waals surface area (Å²) in [5.74, 6) is 0. The second-order valence-electron chi connectivity index (χ2n) is 4.72. The highest BCUT2D eigenvalue weighted by Gasteiger charge is 2.14. The minimum atomic E-state index is -0.700. The highest BCUT2D eigenvalue weighted by Crippen LogP contribution is 2.29. The number of nitrogens with zero attached hydrogens (tertiary/aromatic N) is 2. The van der Waals surface area contributed by atoms with Crippen LogP contribution in [-0.4, -0.2) is 15.1 Å². The Balaban J connectivity index is 1.91. The maximum absolute atomic E-state index is 10.4. The second-order valence-corrected chi connectivity index (χ2v) is 5.54. The van der Waals surface area contributed by atoms with Gasteiger partial charge in [0.1, 0.15) is 0 Å². The van der Waals surface area contributed by atoms with Gasteiger partial charge in [0.2, 0.25) is 0 Å². The van der Waals surface area contributed by atoms with Crippen LogP contribution >= 0.6 is 23.2 Å². The Labute approximate surface area is 132 Å². The Morgan fingerprint density at radius 2 is 1.62 bits per heavy atom. The molecule has 0 aliphatic rings. The molecule has 1 aromatic heterocycles. The summed E-state index contributed by atoms with van der Waals surface area (Å²) in [6.45, 7) is 0. The molecule has 1 atom stereocenters. The summed E-state index contributed by atoms with van der Waals surface area (Å²) in [5, 5.41) is 11.5. The fourth-order valence-electron chi connectivity index (χ4n) is 2.23. The van der Waals surface area contributed by atoms with Crippen LogP contribution in [0.5, 0.6) is 0 Å². The van der Waals surface area contributed by atoms with Gasteiger partial charge in [0.25, 0.3) is 0 Å². The van der Waals surface area contributed by atoms with Gasteiger partial charge in [-0.05, 0) is 35.4 Å². The number of rotatable bonds is 3. The van der Waals surface area contributed by atoms with E-state index < -0.39 is 6.10 Å². The molecular formula is C16H12Cl2N2O. The van der Waals surface area contributed by atoms with Gasteiger partial charge >= 0.3 is 0 Å². The molecule has 5 heteroatoms. The van der Waals surface area contributed by atoms with E-state index in [-0.39, 0.29) is 0 Å². The fraction of sp³-hybridized carbons (Fsp3) is 0.125. The van der Waals surface area contributed by atoms with E-state index in [1.807, 2.05) is 18.2 Å². The minimum absolute atomic E-state index is 0.351. The van der Waals surface area contributed by atoms with Crippen LogP contribution in [0.4, 0.5) is 0 Å². The average Bonchev–Trinajstić information content (AvgIpc) is 2.50. The standard InChI is InChI=1S/C16H12Cl2N2O/c17-12-2-1-3-13(18)11(12)9-16(21)10-4-5-14-15(8-10)20-7-6-19-14/h1-8,16,21H,9H2. The van der Waals surface area contributed by atoms with Crippen LogP contribution in [0.1, 0.15) is 17.2 Å². The molecular weight excluding hydrogens is 307 g/mol. The molecule has 1 unspecified atom stereocenters. The number of benzene rings is 2. The lowest BCUT2D eigenvalue weighted by molar-refractivity contribution is 0.178. The lowest BCUT2D eigenvalue weighted by Gasteiger charge is -2.14. The van der Waals surface area contributed by atoms with Crippen LogP contribution in [0, 0.1) is 0 Å². The molecule has 1 heterocycles. The van der Waals surface area contributed by atoms with Gasteiger partial charge in [0, 0.05) is 28.9 Å². The molecule has 21 heavy (non-hydrogen) atoms. The van der Waals surface area contributed by atoms with Crippen LogP contribution in [0.15, 0.2) is 48.8 Å². The highest BCUT2D eigenvalue weighted by atomic mass is 35.5. The largest absolute Gasteiger partial charge is 0.388 e. The molecule has 0 fully saturated rings. The molecule has 3 aromatic rings. The Hall–Kier alpha value is -1.68. The maximum atomic E-state index is 10.4. The van der Waals surface area contributed by atoms with Crippen molar-refractivity contribution < 1.29 is 5.11 Å². The van der Waals surface area contributed by atoms with E-state index in [9.17, 15) is 5.11 Å². The Morgan fingerprint density at radius 3 is 2.33 bits per heavy atom. The molecule has 106 valence electrons. The van der Waals surface area contributed by atoms with Crippen molar-refractivity contribution in [3.8, 4) is 0 Å². The molecule has 0 aliphatic heterocycles. The summed E-state index contributed by atoms with van der Waals surface area (Å²) in [7, 11) is 0. The summed E-state index contributed by atoms with van der Waals surface area (Å²) in [6.07, 6.45) is 2.92. The lowest BCUT2D eigenvalue weighted by Crippen LogP contribution is -2.03. The number of halogens is 2. The lowest BCUT2D eigenvalue weighted by atomic mass is 10.0. The molecule has 0 radical (unpaired) electrons. The van der Waals surface area contributed by atoms with Gasteiger partial charge in [0.05, 0.1) is 17.1 Å². The van der Waals surface area contributed by atoms with Crippen molar-refractivity contribution >= 4 is 34.2 Å². The van der Waals surface area contributed by atoms with Crippen molar-refractivity contribution in [1.82, 2.24) is 9.97 Å². The number of aliphatic hydroxyl groups excluding tert-OH is 1. The zero-order valence-electron chi connectivity index (χ0n) is 11.0. The molecule has 1 N–H and O–H groups in total. The minimum Gasteiger partial charge on any atom is -0.388 e. The first kappa shape index (κ1) is 14.3.